The fourth-order valence-electron chi connectivity index (χ4n) is 2.66. The van der Waals surface area contributed by atoms with Crippen LogP contribution in [-0.4, -0.2) is 16.9 Å². The Bertz CT molecular complexity index is 760. The van der Waals surface area contributed by atoms with Gasteiger partial charge in [0.15, 0.2) is 0 Å². The first-order valence-electron chi connectivity index (χ1n) is 6.97. The minimum Gasteiger partial charge on any atom is -0.497 e. The molecule has 0 bridgehead atoms. The second-order valence-corrected chi connectivity index (χ2v) is 5.03. The van der Waals surface area contributed by atoms with Crippen LogP contribution < -0.4 is 4.74 Å². The highest BCUT2D eigenvalue weighted by Crippen LogP contribution is 2.29. The van der Waals surface area contributed by atoms with E-state index in [1.165, 1.54) is 11.1 Å². The van der Waals surface area contributed by atoms with Gasteiger partial charge in [0.05, 0.1) is 18.5 Å². The fraction of sp³-hybridized carbons (Fsp3) is 0.167. The van der Waals surface area contributed by atoms with Crippen molar-refractivity contribution < 1.29 is 4.74 Å². The molecule has 1 aromatic heterocycles. The first-order valence-corrected chi connectivity index (χ1v) is 6.97. The number of hydrogen-bond donors (Lipinski definition) is 0. The molecule has 0 aliphatic carbocycles. The molecule has 0 amide bonds. The summed E-state index contributed by atoms with van der Waals surface area (Å²) in [7, 11) is 1.68. The SMILES string of the molecule is COc1cccc(-n2nc(C)c(-c3ccccc3)c2C)c1. The molecule has 0 aliphatic rings. The number of aryl methyl sites for hydroxylation is 1. The summed E-state index contributed by atoms with van der Waals surface area (Å²) in [4.78, 5) is 0. The zero-order chi connectivity index (χ0) is 14.8. The molecular formula is C18H18N2O. The lowest BCUT2D eigenvalue weighted by Crippen LogP contribution is -1.99. The molecule has 2 aromatic carbocycles. The van der Waals surface area contributed by atoms with Gasteiger partial charge in [-0.1, -0.05) is 36.4 Å². The third-order valence-corrected chi connectivity index (χ3v) is 3.65. The van der Waals surface area contributed by atoms with E-state index in [1.54, 1.807) is 7.11 Å². The first-order chi connectivity index (χ1) is 10.2. The molecule has 0 aliphatic heterocycles. The van der Waals surface area contributed by atoms with Crippen LogP contribution in [0.2, 0.25) is 0 Å². The lowest BCUT2D eigenvalue weighted by Gasteiger charge is -2.07. The van der Waals surface area contributed by atoms with Crippen LogP contribution in [0.3, 0.4) is 0 Å². The Balaban J connectivity index is 2.14. The summed E-state index contributed by atoms with van der Waals surface area (Å²) in [5, 5.41) is 4.69. The molecule has 0 saturated heterocycles. The van der Waals surface area contributed by atoms with Gasteiger partial charge in [-0.05, 0) is 31.5 Å². The summed E-state index contributed by atoms with van der Waals surface area (Å²) >= 11 is 0. The topological polar surface area (TPSA) is 27.1 Å². The monoisotopic (exact) mass is 278 g/mol. The number of hydrogen-bond acceptors (Lipinski definition) is 2. The lowest BCUT2D eigenvalue weighted by atomic mass is 10.0. The highest BCUT2D eigenvalue weighted by molar-refractivity contribution is 5.69. The van der Waals surface area contributed by atoms with Crippen molar-refractivity contribution in [3.63, 3.8) is 0 Å². The molecule has 0 atom stereocenters. The summed E-state index contributed by atoms with van der Waals surface area (Å²) in [6, 6.07) is 18.3. The molecule has 21 heavy (non-hydrogen) atoms. The average Bonchev–Trinajstić information content (AvgIpc) is 2.83. The molecule has 3 aromatic rings. The van der Waals surface area contributed by atoms with Crippen molar-refractivity contribution in [2.45, 2.75) is 13.8 Å². The van der Waals surface area contributed by atoms with Crippen LogP contribution in [0.25, 0.3) is 16.8 Å². The summed E-state index contributed by atoms with van der Waals surface area (Å²) < 4.78 is 7.27. The van der Waals surface area contributed by atoms with Gasteiger partial charge in [0, 0.05) is 17.3 Å². The molecule has 0 unspecified atom stereocenters. The molecule has 3 rings (SSSR count). The Morgan fingerprint density at radius 1 is 0.952 bits per heavy atom. The van der Waals surface area contributed by atoms with Gasteiger partial charge in [-0.2, -0.15) is 5.10 Å². The van der Waals surface area contributed by atoms with Gasteiger partial charge in [0.25, 0.3) is 0 Å². The van der Waals surface area contributed by atoms with Gasteiger partial charge in [0.2, 0.25) is 0 Å². The summed E-state index contributed by atoms with van der Waals surface area (Å²) in [5.74, 6) is 0.835. The van der Waals surface area contributed by atoms with E-state index >= 15 is 0 Å². The maximum Gasteiger partial charge on any atom is 0.121 e. The molecular weight excluding hydrogens is 260 g/mol. The van der Waals surface area contributed by atoms with E-state index in [0.717, 1.165) is 22.8 Å². The first kappa shape index (κ1) is 13.4. The normalized spacial score (nSPS) is 10.6. The second kappa shape index (κ2) is 5.44. The Hall–Kier alpha value is -2.55. The number of aromatic nitrogens is 2. The van der Waals surface area contributed by atoms with Crippen molar-refractivity contribution >= 4 is 0 Å². The van der Waals surface area contributed by atoms with Gasteiger partial charge in [-0.25, -0.2) is 4.68 Å². The predicted octanol–water partition coefficient (Wildman–Crippen LogP) is 4.16. The van der Waals surface area contributed by atoms with E-state index in [4.69, 9.17) is 9.84 Å². The van der Waals surface area contributed by atoms with E-state index in [9.17, 15) is 0 Å². The van der Waals surface area contributed by atoms with Crippen molar-refractivity contribution in [2.75, 3.05) is 7.11 Å². The minimum atomic E-state index is 0.835. The van der Waals surface area contributed by atoms with Crippen LogP contribution in [-0.2, 0) is 0 Å². The van der Waals surface area contributed by atoms with E-state index < -0.39 is 0 Å². The molecule has 3 heteroatoms. The molecule has 0 saturated carbocycles. The number of ether oxygens (including phenoxy) is 1. The van der Waals surface area contributed by atoms with Crippen LogP contribution in [0.4, 0.5) is 0 Å². The van der Waals surface area contributed by atoms with Crippen LogP contribution in [0.15, 0.2) is 54.6 Å². The number of benzene rings is 2. The molecule has 0 N–H and O–H groups in total. The van der Waals surface area contributed by atoms with Crippen molar-refractivity contribution in [3.8, 4) is 22.6 Å². The Morgan fingerprint density at radius 2 is 1.71 bits per heavy atom. The fourth-order valence-corrected chi connectivity index (χ4v) is 2.66. The van der Waals surface area contributed by atoms with Crippen LogP contribution in [0.1, 0.15) is 11.4 Å². The largest absolute Gasteiger partial charge is 0.497 e. The van der Waals surface area contributed by atoms with E-state index in [-0.39, 0.29) is 0 Å². The number of nitrogens with zero attached hydrogens (tertiary/aromatic N) is 2. The minimum absolute atomic E-state index is 0.835. The molecule has 3 nitrogen and oxygen atoms in total. The van der Waals surface area contributed by atoms with Crippen molar-refractivity contribution in [1.82, 2.24) is 9.78 Å². The third kappa shape index (κ3) is 2.42. The van der Waals surface area contributed by atoms with Gasteiger partial charge in [-0.3, -0.25) is 0 Å². The lowest BCUT2D eigenvalue weighted by molar-refractivity contribution is 0.414. The highest BCUT2D eigenvalue weighted by Gasteiger charge is 2.14. The van der Waals surface area contributed by atoms with E-state index in [0.29, 0.717) is 0 Å². The van der Waals surface area contributed by atoms with Crippen LogP contribution in [0, 0.1) is 13.8 Å². The van der Waals surface area contributed by atoms with E-state index in [2.05, 4.69) is 31.2 Å². The van der Waals surface area contributed by atoms with Gasteiger partial charge >= 0.3 is 0 Å². The number of rotatable bonds is 3. The average molecular weight is 278 g/mol. The second-order valence-electron chi connectivity index (χ2n) is 5.03. The maximum atomic E-state index is 5.30. The summed E-state index contributed by atoms with van der Waals surface area (Å²) in [5.41, 5.74) is 5.56. The zero-order valence-corrected chi connectivity index (χ0v) is 12.5. The smallest absolute Gasteiger partial charge is 0.121 e. The van der Waals surface area contributed by atoms with Crippen molar-refractivity contribution in [3.05, 3.63) is 66.0 Å². The van der Waals surface area contributed by atoms with Crippen LogP contribution >= 0.6 is 0 Å². The summed E-state index contributed by atoms with van der Waals surface area (Å²) in [6.45, 7) is 4.15. The molecule has 0 radical (unpaired) electrons. The van der Waals surface area contributed by atoms with Gasteiger partial charge < -0.3 is 4.74 Å². The zero-order valence-electron chi connectivity index (χ0n) is 12.5. The molecule has 1 heterocycles. The maximum absolute atomic E-state index is 5.30. The van der Waals surface area contributed by atoms with Crippen LogP contribution in [0.5, 0.6) is 5.75 Å². The Morgan fingerprint density at radius 3 is 2.43 bits per heavy atom. The Kier molecular flexibility index (Phi) is 3.48. The predicted molar refractivity (Wildman–Crippen MR) is 85.0 cm³/mol. The van der Waals surface area contributed by atoms with Gasteiger partial charge in [0.1, 0.15) is 5.75 Å². The standard InChI is InChI=1S/C18H18N2O/c1-13-18(15-8-5-4-6-9-15)14(2)20(19-13)16-10-7-11-17(12-16)21-3/h4-12H,1-3H3. The summed E-state index contributed by atoms with van der Waals surface area (Å²) in [6.07, 6.45) is 0. The van der Waals surface area contributed by atoms with E-state index in [1.807, 2.05) is 41.9 Å². The molecule has 0 spiro atoms. The highest BCUT2D eigenvalue weighted by atomic mass is 16.5. The molecule has 106 valence electrons. The quantitative estimate of drug-likeness (QED) is 0.719. The Labute approximate surface area is 124 Å². The third-order valence-electron chi connectivity index (χ3n) is 3.65. The van der Waals surface area contributed by atoms with Gasteiger partial charge in [-0.15, -0.1) is 0 Å². The number of methoxy groups -OCH3 is 1. The van der Waals surface area contributed by atoms with Crippen molar-refractivity contribution in [1.29, 1.82) is 0 Å². The molecule has 0 fully saturated rings. The van der Waals surface area contributed by atoms with Crippen molar-refractivity contribution in [2.24, 2.45) is 0 Å².